The van der Waals surface area contributed by atoms with Crippen LogP contribution in [0.4, 0.5) is 0 Å². The maximum atomic E-state index is 11.8. The molecule has 1 amide bonds. The molecule has 2 rings (SSSR count). The zero-order valence-corrected chi connectivity index (χ0v) is 11.2. The highest BCUT2D eigenvalue weighted by Gasteiger charge is 2.12. The number of furan rings is 1. The summed E-state index contributed by atoms with van der Waals surface area (Å²) in [7, 11) is 0. The number of rotatable bonds is 7. The van der Waals surface area contributed by atoms with Crippen molar-refractivity contribution in [1.29, 1.82) is 0 Å². The van der Waals surface area contributed by atoms with Gasteiger partial charge in [0.2, 0.25) is 0 Å². The van der Waals surface area contributed by atoms with Gasteiger partial charge in [-0.2, -0.15) is 0 Å². The number of aromatic nitrogens is 1. The summed E-state index contributed by atoms with van der Waals surface area (Å²) in [6, 6.07) is 3.51. The Labute approximate surface area is 118 Å². The summed E-state index contributed by atoms with van der Waals surface area (Å²) in [6.45, 7) is 0.00104. The molecule has 2 aromatic heterocycles. The molecule has 0 aliphatic heterocycles. The lowest BCUT2D eigenvalue weighted by molar-refractivity contribution is -0.142. The van der Waals surface area contributed by atoms with Crippen LogP contribution in [0, 0.1) is 0 Å². The molecule has 0 saturated heterocycles. The highest BCUT2D eigenvalue weighted by molar-refractivity contribution is 7.16. The molecule has 2 aromatic rings. The maximum absolute atomic E-state index is 11.8. The van der Waals surface area contributed by atoms with E-state index in [1.807, 2.05) is 0 Å². The zero-order chi connectivity index (χ0) is 14.4. The summed E-state index contributed by atoms with van der Waals surface area (Å²) in [6.07, 6.45) is 3.01. The summed E-state index contributed by atoms with van der Waals surface area (Å²) in [5.41, 5.74) is 0. The first-order chi connectivity index (χ1) is 9.66. The van der Waals surface area contributed by atoms with Crippen molar-refractivity contribution in [1.82, 2.24) is 10.3 Å². The minimum atomic E-state index is -1.04. The summed E-state index contributed by atoms with van der Waals surface area (Å²) >= 11 is 1.22. The number of carbonyl (C=O) groups is 2. The number of carboxylic acids is 1. The minimum Gasteiger partial charge on any atom is -0.480 e. The van der Waals surface area contributed by atoms with E-state index in [2.05, 4.69) is 10.3 Å². The topological polar surface area (TPSA) is 102 Å². The summed E-state index contributed by atoms with van der Waals surface area (Å²) < 4.78 is 9.99. The molecule has 0 saturated carbocycles. The monoisotopic (exact) mass is 296 g/mol. The molecule has 2 heterocycles. The lowest BCUT2D eigenvalue weighted by Gasteiger charge is -2.02. The molecule has 8 heteroatoms. The van der Waals surface area contributed by atoms with Gasteiger partial charge in [0.25, 0.3) is 5.91 Å². The normalized spacial score (nSPS) is 10.4. The van der Waals surface area contributed by atoms with Crippen molar-refractivity contribution >= 4 is 23.2 Å². The van der Waals surface area contributed by atoms with Gasteiger partial charge in [-0.3, -0.25) is 4.79 Å². The number of hydrogen-bond donors (Lipinski definition) is 2. The van der Waals surface area contributed by atoms with Gasteiger partial charge in [-0.05, 0) is 12.1 Å². The van der Waals surface area contributed by atoms with Gasteiger partial charge >= 0.3 is 5.97 Å². The van der Waals surface area contributed by atoms with Crippen molar-refractivity contribution in [2.45, 2.75) is 0 Å². The SMILES string of the molecule is O=C(O)COCCNC(=O)c1cnc(-c2ccco2)s1. The van der Waals surface area contributed by atoms with E-state index < -0.39 is 5.97 Å². The standard InChI is InChI=1S/C12H12N2O5S/c15-10(16)7-18-5-3-13-11(17)9-6-14-12(20-9)8-2-1-4-19-8/h1-2,4,6H,3,5,7H2,(H,13,17)(H,15,16). The third kappa shape index (κ3) is 3.90. The third-order valence-corrected chi connectivity index (χ3v) is 3.23. The van der Waals surface area contributed by atoms with Crippen LogP contribution in [0.5, 0.6) is 0 Å². The van der Waals surface area contributed by atoms with Crippen LogP contribution in [0.2, 0.25) is 0 Å². The van der Waals surface area contributed by atoms with Crippen molar-refractivity contribution in [3.05, 3.63) is 29.5 Å². The number of thiazole rings is 1. The number of ether oxygens (including phenoxy) is 1. The van der Waals surface area contributed by atoms with Gasteiger partial charge in [-0.15, -0.1) is 11.3 Å². The first-order valence-corrected chi connectivity index (χ1v) is 6.56. The molecule has 0 fully saturated rings. The quantitative estimate of drug-likeness (QED) is 0.745. The van der Waals surface area contributed by atoms with E-state index in [4.69, 9.17) is 14.3 Å². The molecule has 7 nitrogen and oxygen atoms in total. The molecular formula is C12H12N2O5S. The minimum absolute atomic E-state index is 0.141. The maximum Gasteiger partial charge on any atom is 0.329 e. The molecule has 0 unspecified atom stereocenters. The van der Waals surface area contributed by atoms with Crippen molar-refractivity contribution in [3.63, 3.8) is 0 Å². The van der Waals surface area contributed by atoms with Gasteiger partial charge in [0.15, 0.2) is 10.8 Å². The predicted molar refractivity (Wildman–Crippen MR) is 70.6 cm³/mol. The van der Waals surface area contributed by atoms with E-state index in [0.29, 0.717) is 15.6 Å². The molecular weight excluding hydrogens is 284 g/mol. The van der Waals surface area contributed by atoms with Crippen molar-refractivity contribution in [2.75, 3.05) is 19.8 Å². The Balaban J connectivity index is 1.80. The van der Waals surface area contributed by atoms with Crippen molar-refractivity contribution < 1.29 is 23.8 Å². The van der Waals surface area contributed by atoms with Gasteiger partial charge in [0, 0.05) is 6.54 Å². The molecule has 0 radical (unpaired) electrons. The van der Waals surface area contributed by atoms with Crippen LogP contribution in [-0.4, -0.2) is 41.7 Å². The van der Waals surface area contributed by atoms with E-state index in [1.54, 1.807) is 12.1 Å². The van der Waals surface area contributed by atoms with Crippen LogP contribution < -0.4 is 5.32 Å². The number of aliphatic carboxylic acids is 1. The first kappa shape index (κ1) is 14.2. The molecule has 0 aliphatic rings. The average molecular weight is 296 g/mol. The van der Waals surface area contributed by atoms with Crippen molar-refractivity contribution in [2.24, 2.45) is 0 Å². The molecule has 2 N–H and O–H groups in total. The Morgan fingerprint density at radius 2 is 2.35 bits per heavy atom. The number of nitrogens with zero attached hydrogens (tertiary/aromatic N) is 1. The van der Waals surface area contributed by atoms with Gasteiger partial charge in [-0.25, -0.2) is 9.78 Å². The molecule has 0 atom stereocenters. The van der Waals surface area contributed by atoms with Crippen LogP contribution in [0.15, 0.2) is 29.0 Å². The number of hydrogen-bond acceptors (Lipinski definition) is 6. The number of carbonyl (C=O) groups excluding carboxylic acids is 1. The van der Waals surface area contributed by atoms with E-state index >= 15 is 0 Å². The fourth-order valence-corrected chi connectivity index (χ4v) is 2.18. The summed E-state index contributed by atoms with van der Waals surface area (Å²) in [5, 5.41) is 11.6. The highest BCUT2D eigenvalue weighted by atomic mass is 32.1. The Hall–Kier alpha value is -2.19. The molecule has 0 aliphatic carbocycles. The molecule has 0 aromatic carbocycles. The van der Waals surface area contributed by atoms with Gasteiger partial charge in [0.1, 0.15) is 11.5 Å². The van der Waals surface area contributed by atoms with E-state index in [1.165, 1.54) is 23.8 Å². The third-order valence-electron chi connectivity index (χ3n) is 2.22. The van der Waals surface area contributed by atoms with Crippen LogP contribution >= 0.6 is 11.3 Å². The van der Waals surface area contributed by atoms with E-state index in [0.717, 1.165) is 0 Å². The number of nitrogens with one attached hydrogen (secondary N) is 1. The smallest absolute Gasteiger partial charge is 0.329 e. The predicted octanol–water partition coefficient (Wildman–Crippen LogP) is 1.23. The average Bonchev–Trinajstić information content (AvgIpc) is 3.08. The van der Waals surface area contributed by atoms with E-state index in [-0.39, 0.29) is 25.7 Å². The van der Waals surface area contributed by atoms with Gasteiger partial charge < -0.3 is 19.6 Å². The second-order valence-electron chi connectivity index (χ2n) is 3.71. The van der Waals surface area contributed by atoms with Crippen molar-refractivity contribution in [3.8, 4) is 10.8 Å². The fourth-order valence-electron chi connectivity index (χ4n) is 1.38. The van der Waals surface area contributed by atoms with Gasteiger partial charge in [-0.1, -0.05) is 0 Å². The Morgan fingerprint density at radius 1 is 1.50 bits per heavy atom. The lowest BCUT2D eigenvalue weighted by Crippen LogP contribution is -2.27. The van der Waals surface area contributed by atoms with E-state index in [9.17, 15) is 9.59 Å². The Kier molecular flexibility index (Phi) is 4.85. The Morgan fingerprint density at radius 3 is 3.05 bits per heavy atom. The molecule has 106 valence electrons. The van der Waals surface area contributed by atoms with Crippen LogP contribution in [-0.2, 0) is 9.53 Å². The molecule has 20 heavy (non-hydrogen) atoms. The number of amides is 1. The highest BCUT2D eigenvalue weighted by Crippen LogP contribution is 2.25. The second-order valence-corrected chi connectivity index (χ2v) is 4.74. The largest absolute Gasteiger partial charge is 0.480 e. The van der Waals surface area contributed by atoms with Crippen LogP contribution in [0.1, 0.15) is 9.67 Å². The molecule has 0 bridgehead atoms. The molecule has 0 spiro atoms. The van der Waals surface area contributed by atoms with Crippen LogP contribution in [0.3, 0.4) is 0 Å². The zero-order valence-electron chi connectivity index (χ0n) is 10.4. The first-order valence-electron chi connectivity index (χ1n) is 5.74. The second kappa shape index (κ2) is 6.83. The van der Waals surface area contributed by atoms with Gasteiger partial charge in [0.05, 0.1) is 19.1 Å². The Bertz CT molecular complexity index is 578. The lowest BCUT2D eigenvalue weighted by atomic mass is 10.5. The summed E-state index contributed by atoms with van der Waals surface area (Å²) in [5.74, 6) is -0.708. The summed E-state index contributed by atoms with van der Waals surface area (Å²) in [4.78, 5) is 26.5. The van der Waals surface area contributed by atoms with Crippen LogP contribution in [0.25, 0.3) is 10.8 Å². The fraction of sp³-hybridized carbons (Fsp3) is 0.250. The number of carboxylic acid groups (broad SMARTS) is 1.